The van der Waals surface area contributed by atoms with E-state index >= 15 is 0 Å². The molecule has 5 aromatic carbocycles. The van der Waals surface area contributed by atoms with Gasteiger partial charge >= 0.3 is 24.2 Å². The first kappa shape index (κ1) is 87.7. The van der Waals surface area contributed by atoms with E-state index in [2.05, 4.69) is 67.0 Å². The van der Waals surface area contributed by atoms with Gasteiger partial charge in [-0.1, -0.05) is 41.9 Å². The third-order valence-electron chi connectivity index (χ3n) is 23.3. The van der Waals surface area contributed by atoms with E-state index in [1.54, 1.807) is 43.9 Å². The maximum absolute atomic E-state index is 12.9. The Hall–Kier alpha value is -12.1. The SMILES string of the molecule is CC(C)(C)OC(=O)N1CCC(N2CC(C(=O)Cc3ccc4n[nH]nc4c3)CC2=O)CC1.CC(C)(C)OC(=O)N1CCC(N2CC(C(=O)O)CC2=O)CC1.Nc1ccc2n[nH]nc2c1.O=C(Cc1ccc2n[nH]nc2c1)C1CC(=O)N(C2CCN(C(=O)OCc3ccc(Cl)cc3)CC2)C1.O=C(Cc1ccc2n[nH]nc2c1)C1CC(=O)N(C2CCNCC2)C1. The van der Waals surface area contributed by atoms with Gasteiger partial charge in [0.2, 0.25) is 23.6 Å². The smallest absolute Gasteiger partial charge is 0.410 e. The largest absolute Gasteiger partial charge is 0.481 e. The molecular formula is C85H106ClN21O15. The number of benzene rings is 5. The number of ketones is 3. The van der Waals surface area contributed by atoms with Crippen LogP contribution in [-0.2, 0) is 78.4 Å². The number of H-pyrrole nitrogens is 4. The monoisotopic (exact) mass is 1700 g/mol. The van der Waals surface area contributed by atoms with Crippen LogP contribution in [0.15, 0.2) is 97.1 Å². The Morgan fingerprint density at radius 3 is 1.03 bits per heavy atom. The molecular weight excluding hydrogens is 1590 g/mol. The number of ether oxygens (including phenoxy) is 3. The lowest BCUT2D eigenvalue weighted by Crippen LogP contribution is -2.48. The number of aromatic amines is 4. The lowest BCUT2D eigenvalue weighted by atomic mass is 9.96. The third kappa shape index (κ3) is 23.1. The van der Waals surface area contributed by atoms with E-state index < -0.39 is 23.1 Å². The fourth-order valence-electron chi connectivity index (χ4n) is 16.7. The second-order valence-electron chi connectivity index (χ2n) is 34.3. The second-order valence-corrected chi connectivity index (χ2v) is 34.8. The fourth-order valence-corrected chi connectivity index (χ4v) is 16.8. The summed E-state index contributed by atoms with van der Waals surface area (Å²) in [6, 6.07) is 29.8. The van der Waals surface area contributed by atoms with Gasteiger partial charge in [-0.3, -0.25) is 38.4 Å². The molecule has 17 rings (SSSR count). The van der Waals surface area contributed by atoms with Crippen molar-refractivity contribution < 1.29 is 72.1 Å². The Balaban J connectivity index is 0.000000136. The summed E-state index contributed by atoms with van der Waals surface area (Å²) in [4.78, 5) is 148. The molecule has 8 saturated heterocycles. The van der Waals surface area contributed by atoms with Crippen molar-refractivity contribution in [3.05, 3.63) is 124 Å². The molecule has 0 spiro atoms. The number of halogens is 1. The van der Waals surface area contributed by atoms with Crippen LogP contribution in [0.3, 0.4) is 0 Å². The van der Waals surface area contributed by atoms with Crippen LogP contribution in [0.5, 0.6) is 0 Å². The van der Waals surface area contributed by atoms with Gasteiger partial charge in [-0.15, -0.1) is 0 Å². The second kappa shape index (κ2) is 39.2. The highest BCUT2D eigenvalue weighted by Crippen LogP contribution is 2.33. The summed E-state index contributed by atoms with van der Waals surface area (Å²) in [5.41, 5.74) is 14.9. The van der Waals surface area contributed by atoms with Crippen LogP contribution < -0.4 is 11.1 Å². The minimum atomic E-state index is -0.915. The van der Waals surface area contributed by atoms with E-state index in [1.165, 1.54) is 0 Å². The quantitative estimate of drug-likeness (QED) is 0.0353. The van der Waals surface area contributed by atoms with Gasteiger partial charge in [-0.05, 0) is 195 Å². The number of nitrogens with two attached hydrogens (primary N) is 1. The highest BCUT2D eigenvalue weighted by Gasteiger charge is 2.44. The van der Waals surface area contributed by atoms with Crippen LogP contribution in [-0.4, -0.2) is 280 Å². The number of carbonyl (C=O) groups is 11. The number of nitrogens with zero attached hydrogens (tertiary/aromatic N) is 15. The van der Waals surface area contributed by atoms with Gasteiger partial charge in [0.15, 0.2) is 0 Å². The summed E-state index contributed by atoms with van der Waals surface area (Å²) < 4.78 is 16.2. The molecule has 4 atom stereocenters. The average Bonchev–Trinajstić information content (AvgIpc) is 1.67. The minimum Gasteiger partial charge on any atom is -0.481 e. The lowest BCUT2D eigenvalue weighted by Gasteiger charge is -2.37. The normalized spacial score (nSPS) is 20.2. The average molecular weight is 1700 g/mol. The van der Waals surface area contributed by atoms with Crippen molar-refractivity contribution in [2.45, 2.75) is 180 Å². The fraction of sp³-hybridized carbons (Fsp3) is 0.518. The molecule has 37 heteroatoms. The predicted octanol–water partition coefficient (Wildman–Crippen LogP) is 8.22. The molecule has 8 N–H and O–H groups in total. The van der Waals surface area contributed by atoms with Gasteiger partial charge in [-0.25, -0.2) is 14.4 Å². The molecule has 8 aliphatic heterocycles. The van der Waals surface area contributed by atoms with Crippen molar-refractivity contribution >= 4 is 127 Å². The lowest BCUT2D eigenvalue weighted by molar-refractivity contribution is -0.141. The number of rotatable bonds is 16. The molecule has 0 aliphatic carbocycles. The number of carboxylic acid groups (broad SMARTS) is 1. The van der Waals surface area contributed by atoms with E-state index in [0.717, 1.165) is 92.3 Å². The van der Waals surface area contributed by atoms with Crippen molar-refractivity contribution in [2.75, 3.05) is 84.3 Å². The zero-order chi connectivity index (χ0) is 86.5. The van der Waals surface area contributed by atoms with Gasteiger partial charge in [0, 0.05) is 163 Å². The molecule has 0 saturated carbocycles. The highest BCUT2D eigenvalue weighted by atomic mass is 35.5. The Labute approximate surface area is 708 Å². The molecule has 8 fully saturated rings. The van der Waals surface area contributed by atoms with Gasteiger partial charge in [0.05, 0.1) is 5.92 Å². The standard InChI is InChI=1S/C25H26ClN5O4.C22H29N5O4.C17H21N5O2.C15H24N2O5.C6H6N4/c26-19-4-1-16(2-5-19)15-35-25(34)30-9-7-20(8-10-30)31-14-18(13-24(31)33)23(32)12-17-3-6-21-22(11-17)28-29-27-21;1-22(2,3)31-21(30)26-8-6-16(7-9-26)27-13-15(12-20(27)29)19(28)11-14-4-5-17-18(10-14)24-25-23-17;23-16(8-11-1-2-14-15(7-11)20-21-19-14)12-9-17(24)22(10-12)13-3-5-18-6-4-13;1-15(2,3)22-14(21)16-6-4-11(5-7-16)17-9-10(13(19)20)8-12(17)18;7-4-1-2-5-6(3-4)9-10-8-5/h1-6,11,18,20H,7-10,12-15H2,(H,27,28,29);4-5,10,15-16H,6-9,11-13H2,1-3H3,(H,23,24,25);1-2,7,12-13,18H,3-6,8-10H2,(H,19,20,21);10-11H,4-9H2,1-3H3,(H,19,20);1-3H,7H2,(H,8,9,10). The summed E-state index contributed by atoms with van der Waals surface area (Å²) in [5, 5.41) is 55.2. The molecule has 122 heavy (non-hydrogen) atoms. The number of nitrogens with one attached hydrogen (secondary N) is 5. The maximum atomic E-state index is 12.9. The van der Waals surface area contributed by atoms with Gasteiger partial charge < -0.3 is 64.7 Å². The zero-order valence-corrected chi connectivity index (χ0v) is 70.2. The van der Waals surface area contributed by atoms with Crippen LogP contribution >= 0.6 is 11.6 Å². The minimum absolute atomic E-state index is 0.0130. The Kier molecular flexibility index (Phi) is 28.2. The van der Waals surface area contributed by atoms with E-state index in [0.29, 0.717) is 127 Å². The van der Waals surface area contributed by atoms with Crippen molar-refractivity contribution in [3.8, 4) is 0 Å². The first-order valence-electron chi connectivity index (χ1n) is 41.7. The third-order valence-corrected chi connectivity index (χ3v) is 23.5. The zero-order valence-electron chi connectivity index (χ0n) is 69.5. The molecule has 36 nitrogen and oxygen atoms in total. The number of carbonyl (C=O) groups excluding carboxylic acids is 10. The molecule has 8 aliphatic rings. The number of Topliss-reactive ketones (excluding diaryl/α,β-unsaturated/α-hetero) is 3. The molecule has 4 unspecified atom stereocenters. The number of aromatic nitrogens is 12. The van der Waals surface area contributed by atoms with E-state index in [9.17, 15) is 52.7 Å². The van der Waals surface area contributed by atoms with Crippen LogP contribution in [0.4, 0.5) is 20.1 Å². The first-order chi connectivity index (χ1) is 58.4. The summed E-state index contributed by atoms with van der Waals surface area (Å²) >= 11 is 5.88. The van der Waals surface area contributed by atoms with Crippen LogP contribution in [0.25, 0.3) is 44.1 Å². The number of nitrogen functional groups attached to an aromatic ring is 1. The summed E-state index contributed by atoms with van der Waals surface area (Å²) in [5.74, 6) is -1.93. The number of hydrogen-bond acceptors (Lipinski definition) is 24. The number of piperidine rings is 4. The number of aliphatic carboxylic acids is 1. The Bertz CT molecular complexity index is 5240. The van der Waals surface area contributed by atoms with E-state index in [-0.39, 0.29) is 140 Å². The molecule has 12 heterocycles. The van der Waals surface area contributed by atoms with Crippen molar-refractivity contribution in [2.24, 2.45) is 23.7 Å². The summed E-state index contributed by atoms with van der Waals surface area (Å²) in [6.45, 7) is 18.1. The Morgan fingerprint density at radius 2 is 0.697 bits per heavy atom. The van der Waals surface area contributed by atoms with Crippen LogP contribution in [0, 0.1) is 23.7 Å². The van der Waals surface area contributed by atoms with Gasteiger partial charge in [0.1, 0.15) is 79.3 Å². The predicted molar refractivity (Wildman–Crippen MR) is 447 cm³/mol. The summed E-state index contributed by atoms with van der Waals surface area (Å²) in [7, 11) is 0. The van der Waals surface area contributed by atoms with E-state index in [4.69, 9.17) is 36.7 Å². The Morgan fingerprint density at radius 1 is 0.402 bits per heavy atom. The molecule has 0 radical (unpaired) electrons. The number of fused-ring (bicyclic) bond motifs is 4. The molecule has 4 aromatic heterocycles. The number of amides is 7. The number of hydrogen-bond donors (Lipinski definition) is 7. The van der Waals surface area contributed by atoms with Crippen LogP contribution in [0.1, 0.15) is 141 Å². The maximum Gasteiger partial charge on any atom is 0.410 e. The topological polar surface area (TPSA) is 463 Å². The van der Waals surface area contributed by atoms with Crippen molar-refractivity contribution in [3.63, 3.8) is 0 Å². The van der Waals surface area contributed by atoms with Crippen molar-refractivity contribution in [1.82, 2.24) is 101 Å². The first-order valence-corrected chi connectivity index (χ1v) is 42.0. The summed E-state index contributed by atoms with van der Waals surface area (Å²) in [6.07, 6.45) is 6.89. The highest BCUT2D eigenvalue weighted by molar-refractivity contribution is 6.30. The number of carboxylic acids is 1. The van der Waals surface area contributed by atoms with Gasteiger partial charge in [0.25, 0.3) is 0 Å². The molecule has 7 amide bonds. The molecule has 9 aromatic rings. The number of likely N-dealkylation sites (tertiary alicyclic amines) is 7. The number of anilines is 1. The molecule has 648 valence electrons. The van der Waals surface area contributed by atoms with Crippen LogP contribution in [0.2, 0.25) is 5.02 Å². The molecule has 0 bridgehead atoms. The van der Waals surface area contributed by atoms with E-state index in [1.807, 2.05) is 129 Å². The van der Waals surface area contributed by atoms with Crippen molar-refractivity contribution in [1.29, 1.82) is 0 Å². The van der Waals surface area contributed by atoms with Gasteiger partial charge in [-0.2, -0.15) is 61.6 Å².